The molecule has 0 saturated carbocycles. The Balaban J connectivity index is 1.58. The van der Waals surface area contributed by atoms with Gasteiger partial charge in [0.15, 0.2) is 0 Å². The van der Waals surface area contributed by atoms with Gasteiger partial charge in [0.05, 0.1) is 11.3 Å². The van der Waals surface area contributed by atoms with Crippen LogP contribution in [0.4, 0.5) is 5.95 Å². The third-order valence-electron chi connectivity index (χ3n) is 4.23. The summed E-state index contributed by atoms with van der Waals surface area (Å²) in [6.07, 6.45) is 2.50. The second-order valence-corrected chi connectivity index (χ2v) is 7.08. The number of anilines is 1. The van der Waals surface area contributed by atoms with Crippen molar-refractivity contribution >= 4 is 23.2 Å². The molecule has 1 aliphatic rings. The zero-order chi connectivity index (χ0) is 16.9. The predicted octanol–water partition coefficient (Wildman–Crippen LogP) is 1.57. The molecule has 3 heterocycles. The highest BCUT2D eigenvalue weighted by atomic mass is 32.1. The van der Waals surface area contributed by atoms with Crippen molar-refractivity contribution < 1.29 is 4.79 Å². The summed E-state index contributed by atoms with van der Waals surface area (Å²) in [5.74, 6) is 0.615. The van der Waals surface area contributed by atoms with E-state index >= 15 is 0 Å². The monoisotopic (exact) mass is 345 g/mol. The van der Waals surface area contributed by atoms with Crippen molar-refractivity contribution in [2.45, 2.75) is 13.3 Å². The second-order valence-electron chi connectivity index (χ2n) is 6.04. The lowest BCUT2D eigenvalue weighted by Gasteiger charge is -2.32. The summed E-state index contributed by atoms with van der Waals surface area (Å²) in [5.41, 5.74) is 1.28. The van der Waals surface area contributed by atoms with Crippen molar-refractivity contribution in [2.24, 2.45) is 0 Å². The van der Waals surface area contributed by atoms with Gasteiger partial charge in [-0.3, -0.25) is 4.79 Å². The van der Waals surface area contributed by atoms with Crippen molar-refractivity contribution in [3.8, 4) is 0 Å². The van der Waals surface area contributed by atoms with Crippen molar-refractivity contribution in [3.05, 3.63) is 39.8 Å². The summed E-state index contributed by atoms with van der Waals surface area (Å²) >= 11 is 1.71. The minimum Gasteiger partial charge on any atom is -0.352 e. The summed E-state index contributed by atoms with van der Waals surface area (Å²) in [6, 6.07) is 4.10. The molecule has 7 heteroatoms. The molecule has 24 heavy (non-hydrogen) atoms. The molecule has 2 aromatic rings. The molecule has 1 fully saturated rings. The fourth-order valence-corrected chi connectivity index (χ4v) is 3.39. The van der Waals surface area contributed by atoms with Gasteiger partial charge in [-0.15, -0.1) is 11.3 Å². The van der Waals surface area contributed by atoms with E-state index in [4.69, 9.17) is 0 Å². The molecule has 1 aliphatic heterocycles. The number of likely N-dealkylation sites (N-methyl/N-ethyl adjacent to an activating group) is 1. The number of amides is 1. The normalized spacial score (nSPS) is 15.5. The van der Waals surface area contributed by atoms with Crippen LogP contribution in [0.3, 0.4) is 0 Å². The van der Waals surface area contributed by atoms with Crippen LogP contribution in [0.25, 0.3) is 0 Å². The maximum atomic E-state index is 12.3. The number of carbonyl (C=O) groups excluding carboxylic acids is 1. The number of carbonyl (C=O) groups is 1. The van der Waals surface area contributed by atoms with E-state index in [2.05, 4.69) is 38.2 Å². The number of hydrogen-bond acceptors (Lipinski definition) is 6. The SMILES string of the molecule is Cc1nc(N2CCN(C)CC2)ncc1C(=O)NCCc1cccs1. The number of piperazine rings is 1. The number of hydrogen-bond donors (Lipinski definition) is 1. The topological polar surface area (TPSA) is 61.4 Å². The molecule has 0 bridgehead atoms. The van der Waals surface area contributed by atoms with Gasteiger partial charge in [-0.25, -0.2) is 9.97 Å². The highest BCUT2D eigenvalue weighted by molar-refractivity contribution is 7.09. The predicted molar refractivity (Wildman–Crippen MR) is 96.8 cm³/mol. The lowest BCUT2D eigenvalue weighted by molar-refractivity contribution is 0.0953. The van der Waals surface area contributed by atoms with Crippen LogP contribution < -0.4 is 10.2 Å². The average Bonchev–Trinajstić information content (AvgIpc) is 3.08. The Kier molecular flexibility index (Phi) is 5.42. The number of rotatable bonds is 5. The van der Waals surface area contributed by atoms with Crippen LogP contribution in [0, 0.1) is 6.92 Å². The van der Waals surface area contributed by atoms with Gasteiger partial charge in [-0.1, -0.05) is 6.07 Å². The van der Waals surface area contributed by atoms with E-state index in [1.807, 2.05) is 18.4 Å². The van der Waals surface area contributed by atoms with Crippen LogP contribution in [-0.2, 0) is 6.42 Å². The number of thiophene rings is 1. The Bertz CT molecular complexity index is 680. The summed E-state index contributed by atoms with van der Waals surface area (Å²) < 4.78 is 0. The van der Waals surface area contributed by atoms with E-state index in [0.717, 1.165) is 44.2 Å². The van der Waals surface area contributed by atoms with Crippen LogP contribution in [0.15, 0.2) is 23.7 Å². The molecular weight excluding hydrogens is 322 g/mol. The summed E-state index contributed by atoms with van der Waals surface area (Å²) in [5, 5.41) is 5.00. The van der Waals surface area contributed by atoms with Crippen LogP contribution in [-0.4, -0.2) is 60.5 Å². The van der Waals surface area contributed by atoms with Gasteiger partial charge in [-0.05, 0) is 31.8 Å². The van der Waals surface area contributed by atoms with Crippen molar-refractivity contribution in [1.82, 2.24) is 20.2 Å². The van der Waals surface area contributed by atoms with Crippen molar-refractivity contribution in [2.75, 3.05) is 44.7 Å². The van der Waals surface area contributed by atoms with E-state index in [0.29, 0.717) is 12.1 Å². The molecule has 0 radical (unpaired) electrons. The van der Waals surface area contributed by atoms with Gasteiger partial charge in [0, 0.05) is 43.8 Å². The molecule has 128 valence electrons. The van der Waals surface area contributed by atoms with Crippen molar-refractivity contribution in [3.63, 3.8) is 0 Å². The molecule has 3 rings (SSSR count). The summed E-state index contributed by atoms with van der Waals surface area (Å²) in [7, 11) is 2.12. The van der Waals surface area contributed by atoms with Crippen molar-refractivity contribution in [1.29, 1.82) is 0 Å². The molecular formula is C17H23N5OS. The van der Waals surface area contributed by atoms with Gasteiger partial charge in [0.25, 0.3) is 5.91 Å². The first-order chi connectivity index (χ1) is 11.6. The highest BCUT2D eigenvalue weighted by Gasteiger charge is 2.18. The third kappa shape index (κ3) is 4.10. The number of nitrogens with zero attached hydrogens (tertiary/aromatic N) is 4. The van der Waals surface area contributed by atoms with E-state index < -0.39 is 0 Å². The highest BCUT2D eigenvalue weighted by Crippen LogP contribution is 2.13. The van der Waals surface area contributed by atoms with Gasteiger partial charge >= 0.3 is 0 Å². The molecule has 0 spiro atoms. The van der Waals surface area contributed by atoms with E-state index in [1.54, 1.807) is 17.5 Å². The van der Waals surface area contributed by atoms with Gasteiger partial charge in [0.1, 0.15) is 0 Å². The molecule has 2 aromatic heterocycles. The quantitative estimate of drug-likeness (QED) is 0.891. The third-order valence-corrected chi connectivity index (χ3v) is 5.17. The fraction of sp³-hybridized carbons (Fsp3) is 0.471. The van der Waals surface area contributed by atoms with Gasteiger partial charge in [0.2, 0.25) is 5.95 Å². The Morgan fingerprint density at radius 3 is 2.79 bits per heavy atom. The maximum absolute atomic E-state index is 12.3. The molecule has 0 unspecified atom stereocenters. The molecule has 1 saturated heterocycles. The van der Waals surface area contributed by atoms with Gasteiger partial charge < -0.3 is 15.1 Å². The number of aryl methyl sites for hydroxylation is 1. The standard InChI is InChI=1S/C17H23N5OS/c1-13-15(16(23)18-6-5-14-4-3-11-24-14)12-19-17(20-13)22-9-7-21(2)8-10-22/h3-4,11-12H,5-10H2,1-2H3,(H,18,23). The summed E-state index contributed by atoms with van der Waals surface area (Å²) in [6.45, 7) is 6.35. The lowest BCUT2D eigenvalue weighted by atomic mass is 10.2. The smallest absolute Gasteiger partial charge is 0.254 e. The second kappa shape index (κ2) is 7.72. The lowest BCUT2D eigenvalue weighted by Crippen LogP contribution is -2.45. The molecule has 0 atom stereocenters. The largest absolute Gasteiger partial charge is 0.352 e. The number of aromatic nitrogens is 2. The summed E-state index contributed by atoms with van der Waals surface area (Å²) in [4.78, 5) is 27.0. The van der Waals surface area contributed by atoms with E-state index in [1.165, 1.54) is 4.88 Å². The maximum Gasteiger partial charge on any atom is 0.254 e. The minimum atomic E-state index is -0.103. The molecule has 0 aromatic carbocycles. The molecule has 1 N–H and O–H groups in total. The van der Waals surface area contributed by atoms with Crippen LogP contribution in [0.2, 0.25) is 0 Å². The van der Waals surface area contributed by atoms with E-state index in [-0.39, 0.29) is 5.91 Å². The van der Waals surface area contributed by atoms with Crippen LogP contribution in [0.1, 0.15) is 20.9 Å². The van der Waals surface area contributed by atoms with Gasteiger partial charge in [-0.2, -0.15) is 0 Å². The Morgan fingerprint density at radius 2 is 2.12 bits per heavy atom. The first kappa shape index (κ1) is 16.9. The number of nitrogens with one attached hydrogen (secondary N) is 1. The Hall–Kier alpha value is -1.99. The Labute approximate surface area is 146 Å². The fourth-order valence-electron chi connectivity index (χ4n) is 2.69. The first-order valence-electron chi connectivity index (χ1n) is 8.21. The molecule has 6 nitrogen and oxygen atoms in total. The Morgan fingerprint density at radius 1 is 1.33 bits per heavy atom. The average molecular weight is 345 g/mol. The van der Waals surface area contributed by atoms with E-state index in [9.17, 15) is 4.79 Å². The van der Waals surface area contributed by atoms with Crippen LogP contribution in [0.5, 0.6) is 0 Å². The van der Waals surface area contributed by atoms with Crippen LogP contribution >= 0.6 is 11.3 Å². The zero-order valence-electron chi connectivity index (χ0n) is 14.2. The zero-order valence-corrected chi connectivity index (χ0v) is 15.0. The molecule has 1 amide bonds. The first-order valence-corrected chi connectivity index (χ1v) is 9.09. The molecule has 0 aliphatic carbocycles. The minimum absolute atomic E-state index is 0.103.